The molecule has 0 amide bonds. The molecule has 0 unspecified atom stereocenters. The molecule has 0 spiro atoms. The van der Waals surface area contributed by atoms with E-state index in [1.165, 1.54) is 31.2 Å². The van der Waals surface area contributed by atoms with Gasteiger partial charge in [-0.25, -0.2) is 0 Å². The van der Waals surface area contributed by atoms with Crippen molar-refractivity contribution in [2.24, 2.45) is 0 Å². The van der Waals surface area contributed by atoms with Crippen LogP contribution in [-0.2, 0) is 11.3 Å². The molecule has 2 fully saturated rings. The van der Waals surface area contributed by atoms with Crippen molar-refractivity contribution in [3.63, 3.8) is 0 Å². The SMILES string of the molecule is COc1ccc(CNC2CCC(C)(N3CCOCC3)CC2)cc1. The lowest BCUT2D eigenvalue weighted by Gasteiger charge is -2.47. The summed E-state index contributed by atoms with van der Waals surface area (Å²) < 4.78 is 10.7. The fourth-order valence-corrected chi connectivity index (χ4v) is 3.87. The first-order valence-electron chi connectivity index (χ1n) is 8.89. The molecule has 0 aromatic heterocycles. The maximum absolute atomic E-state index is 5.50. The summed E-state index contributed by atoms with van der Waals surface area (Å²) in [6.45, 7) is 7.38. The van der Waals surface area contributed by atoms with E-state index < -0.39 is 0 Å². The molecule has 128 valence electrons. The minimum absolute atomic E-state index is 0.377. The monoisotopic (exact) mass is 318 g/mol. The average Bonchev–Trinajstić information content (AvgIpc) is 2.62. The van der Waals surface area contributed by atoms with E-state index in [1.807, 2.05) is 12.1 Å². The van der Waals surface area contributed by atoms with Crippen molar-refractivity contribution < 1.29 is 9.47 Å². The highest BCUT2D eigenvalue weighted by atomic mass is 16.5. The highest BCUT2D eigenvalue weighted by Crippen LogP contribution is 2.34. The molecule has 1 N–H and O–H groups in total. The zero-order chi connectivity index (χ0) is 16.1. The van der Waals surface area contributed by atoms with E-state index in [4.69, 9.17) is 9.47 Å². The molecule has 23 heavy (non-hydrogen) atoms. The van der Waals surface area contributed by atoms with Gasteiger partial charge in [-0.05, 0) is 50.3 Å². The Bertz CT molecular complexity index is 475. The second-order valence-corrected chi connectivity index (χ2v) is 7.10. The Balaban J connectivity index is 1.45. The minimum atomic E-state index is 0.377. The van der Waals surface area contributed by atoms with E-state index in [0.717, 1.165) is 38.6 Å². The van der Waals surface area contributed by atoms with Crippen LogP contribution in [0.1, 0.15) is 38.2 Å². The molecule has 1 aromatic carbocycles. The molecule has 1 saturated heterocycles. The maximum Gasteiger partial charge on any atom is 0.118 e. The molecule has 1 aliphatic carbocycles. The summed E-state index contributed by atoms with van der Waals surface area (Å²) in [5, 5.41) is 3.73. The van der Waals surface area contributed by atoms with Gasteiger partial charge in [-0.3, -0.25) is 4.90 Å². The van der Waals surface area contributed by atoms with E-state index in [9.17, 15) is 0 Å². The summed E-state index contributed by atoms with van der Waals surface area (Å²) in [5.74, 6) is 0.924. The van der Waals surface area contributed by atoms with Crippen molar-refractivity contribution in [2.45, 2.75) is 50.7 Å². The van der Waals surface area contributed by atoms with Gasteiger partial charge in [0.15, 0.2) is 0 Å². The van der Waals surface area contributed by atoms with Gasteiger partial charge in [0.2, 0.25) is 0 Å². The van der Waals surface area contributed by atoms with Gasteiger partial charge in [-0.2, -0.15) is 0 Å². The summed E-state index contributed by atoms with van der Waals surface area (Å²) in [4.78, 5) is 2.65. The first-order valence-corrected chi connectivity index (χ1v) is 8.89. The van der Waals surface area contributed by atoms with E-state index in [1.54, 1.807) is 7.11 Å². The second-order valence-electron chi connectivity index (χ2n) is 7.10. The summed E-state index contributed by atoms with van der Waals surface area (Å²) in [6, 6.07) is 9.01. The number of methoxy groups -OCH3 is 1. The van der Waals surface area contributed by atoms with Gasteiger partial charge in [0.1, 0.15) is 5.75 Å². The molecule has 1 aliphatic heterocycles. The normalized spacial score (nSPS) is 29.4. The molecule has 0 radical (unpaired) electrons. The first-order chi connectivity index (χ1) is 11.2. The molecule has 3 rings (SSSR count). The topological polar surface area (TPSA) is 33.7 Å². The zero-order valence-electron chi connectivity index (χ0n) is 14.5. The standard InChI is InChI=1S/C19H30N2O2/c1-19(21-11-13-23-14-12-21)9-7-17(8-10-19)20-15-16-3-5-18(22-2)6-4-16/h3-6,17,20H,7-15H2,1-2H3. The van der Waals surface area contributed by atoms with Gasteiger partial charge in [0.25, 0.3) is 0 Å². The van der Waals surface area contributed by atoms with E-state index in [0.29, 0.717) is 11.6 Å². The van der Waals surface area contributed by atoms with Crippen molar-refractivity contribution in [3.8, 4) is 5.75 Å². The number of ether oxygens (including phenoxy) is 2. The van der Waals surface area contributed by atoms with Crippen molar-refractivity contribution >= 4 is 0 Å². The molecular weight excluding hydrogens is 288 g/mol. The van der Waals surface area contributed by atoms with E-state index in [-0.39, 0.29) is 0 Å². The zero-order valence-corrected chi connectivity index (χ0v) is 14.5. The van der Waals surface area contributed by atoms with Crippen LogP contribution in [0.5, 0.6) is 5.75 Å². The smallest absolute Gasteiger partial charge is 0.118 e. The van der Waals surface area contributed by atoms with Crippen LogP contribution in [0.2, 0.25) is 0 Å². The molecule has 1 aromatic rings. The summed E-state index contributed by atoms with van der Waals surface area (Å²) in [5.41, 5.74) is 1.70. The Morgan fingerprint density at radius 2 is 1.83 bits per heavy atom. The number of nitrogens with zero attached hydrogens (tertiary/aromatic N) is 1. The number of hydrogen-bond acceptors (Lipinski definition) is 4. The quantitative estimate of drug-likeness (QED) is 0.905. The fourth-order valence-electron chi connectivity index (χ4n) is 3.87. The van der Waals surface area contributed by atoms with Gasteiger partial charge >= 0.3 is 0 Å². The number of hydrogen-bond donors (Lipinski definition) is 1. The third-order valence-electron chi connectivity index (χ3n) is 5.59. The molecule has 0 atom stereocenters. The van der Waals surface area contributed by atoms with Crippen molar-refractivity contribution in [1.82, 2.24) is 10.2 Å². The molecule has 1 heterocycles. The van der Waals surface area contributed by atoms with Crippen molar-refractivity contribution in [2.75, 3.05) is 33.4 Å². The van der Waals surface area contributed by atoms with Gasteiger partial charge < -0.3 is 14.8 Å². The van der Waals surface area contributed by atoms with Crippen LogP contribution in [0, 0.1) is 0 Å². The van der Waals surface area contributed by atoms with Gasteiger partial charge in [-0.1, -0.05) is 12.1 Å². The fraction of sp³-hybridized carbons (Fsp3) is 0.684. The van der Waals surface area contributed by atoms with Crippen LogP contribution < -0.4 is 10.1 Å². The Labute approximate surface area is 140 Å². The molecular formula is C19H30N2O2. The Hall–Kier alpha value is -1.10. The predicted molar refractivity (Wildman–Crippen MR) is 92.9 cm³/mol. The molecule has 0 bridgehead atoms. The largest absolute Gasteiger partial charge is 0.497 e. The Morgan fingerprint density at radius 1 is 1.17 bits per heavy atom. The Kier molecular flexibility index (Phi) is 5.57. The summed E-state index contributed by atoms with van der Waals surface area (Å²) >= 11 is 0. The lowest BCUT2D eigenvalue weighted by molar-refractivity contribution is -0.0324. The van der Waals surface area contributed by atoms with Crippen molar-refractivity contribution in [3.05, 3.63) is 29.8 Å². The molecule has 2 aliphatic rings. The number of benzene rings is 1. The highest BCUT2D eigenvalue weighted by Gasteiger charge is 2.36. The van der Waals surface area contributed by atoms with Crippen LogP contribution in [0.25, 0.3) is 0 Å². The number of nitrogens with one attached hydrogen (secondary N) is 1. The van der Waals surface area contributed by atoms with Crippen LogP contribution in [0.3, 0.4) is 0 Å². The number of rotatable bonds is 5. The summed E-state index contributed by atoms with van der Waals surface area (Å²) in [6.07, 6.45) is 5.11. The lowest BCUT2D eigenvalue weighted by Crippen LogP contribution is -2.54. The predicted octanol–water partition coefficient (Wildman–Crippen LogP) is 2.82. The number of morpholine rings is 1. The van der Waals surface area contributed by atoms with Crippen molar-refractivity contribution in [1.29, 1.82) is 0 Å². The van der Waals surface area contributed by atoms with Gasteiger partial charge in [-0.15, -0.1) is 0 Å². The first kappa shape index (κ1) is 16.7. The molecule has 1 saturated carbocycles. The maximum atomic E-state index is 5.50. The third-order valence-corrected chi connectivity index (χ3v) is 5.59. The second kappa shape index (κ2) is 7.65. The van der Waals surface area contributed by atoms with Crippen LogP contribution in [0.4, 0.5) is 0 Å². The average molecular weight is 318 g/mol. The van der Waals surface area contributed by atoms with Gasteiger partial charge in [0.05, 0.1) is 20.3 Å². The van der Waals surface area contributed by atoms with E-state index >= 15 is 0 Å². The third kappa shape index (κ3) is 4.25. The Morgan fingerprint density at radius 3 is 2.43 bits per heavy atom. The van der Waals surface area contributed by atoms with Crippen LogP contribution >= 0.6 is 0 Å². The van der Waals surface area contributed by atoms with Crippen LogP contribution in [-0.4, -0.2) is 49.9 Å². The van der Waals surface area contributed by atoms with Gasteiger partial charge in [0, 0.05) is 31.2 Å². The minimum Gasteiger partial charge on any atom is -0.497 e. The summed E-state index contributed by atoms with van der Waals surface area (Å²) in [7, 11) is 1.71. The highest BCUT2D eigenvalue weighted by molar-refractivity contribution is 5.27. The molecule has 4 nitrogen and oxygen atoms in total. The molecule has 4 heteroatoms. The van der Waals surface area contributed by atoms with E-state index in [2.05, 4.69) is 29.3 Å². The van der Waals surface area contributed by atoms with Crippen LogP contribution in [0.15, 0.2) is 24.3 Å². The lowest BCUT2D eigenvalue weighted by atomic mass is 9.79.